The number of nitrogens with one attached hydrogen (secondary N) is 1. The van der Waals surface area contributed by atoms with Gasteiger partial charge in [0.25, 0.3) is 0 Å². The van der Waals surface area contributed by atoms with Gasteiger partial charge in [0.05, 0.1) is 5.69 Å². The molecular formula is C16H17BrFN. The zero-order valence-electron chi connectivity index (χ0n) is 11.3. The molecule has 0 fully saturated rings. The van der Waals surface area contributed by atoms with Crippen molar-refractivity contribution in [2.45, 2.75) is 27.3 Å². The molecule has 2 aromatic rings. The number of halogens is 2. The number of rotatable bonds is 3. The molecule has 0 amide bonds. The Kier molecular flexibility index (Phi) is 4.25. The monoisotopic (exact) mass is 321 g/mol. The summed E-state index contributed by atoms with van der Waals surface area (Å²) in [5, 5.41) is 3.40. The van der Waals surface area contributed by atoms with E-state index in [2.05, 4.69) is 47.2 Å². The van der Waals surface area contributed by atoms with E-state index in [0.29, 0.717) is 12.1 Å². The van der Waals surface area contributed by atoms with Gasteiger partial charge in [0.2, 0.25) is 0 Å². The van der Waals surface area contributed by atoms with Crippen molar-refractivity contribution in [3.8, 4) is 0 Å². The Morgan fingerprint density at radius 1 is 1.05 bits per heavy atom. The molecule has 0 saturated heterocycles. The van der Waals surface area contributed by atoms with Crippen molar-refractivity contribution in [3.05, 3.63) is 62.9 Å². The van der Waals surface area contributed by atoms with E-state index in [1.807, 2.05) is 12.1 Å². The van der Waals surface area contributed by atoms with Crippen LogP contribution in [0.15, 0.2) is 34.8 Å². The van der Waals surface area contributed by atoms with Crippen LogP contribution >= 0.6 is 15.9 Å². The van der Waals surface area contributed by atoms with Gasteiger partial charge in [-0.1, -0.05) is 18.2 Å². The Balaban J connectivity index is 2.16. The maximum atomic E-state index is 13.2. The third kappa shape index (κ3) is 3.35. The van der Waals surface area contributed by atoms with Crippen molar-refractivity contribution < 1.29 is 4.39 Å². The van der Waals surface area contributed by atoms with Crippen molar-refractivity contribution in [2.75, 3.05) is 5.32 Å². The zero-order chi connectivity index (χ0) is 14.0. The normalized spacial score (nSPS) is 10.6. The van der Waals surface area contributed by atoms with Crippen molar-refractivity contribution in [1.82, 2.24) is 0 Å². The van der Waals surface area contributed by atoms with Crippen molar-refractivity contribution >= 4 is 21.6 Å². The predicted octanol–water partition coefficient (Wildman–Crippen LogP) is 5.13. The first-order chi connectivity index (χ1) is 8.97. The fourth-order valence-corrected chi connectivity index (χ4v) is 2.96. The molecule has 100 valence electrons. The highest BCUT2D eigenvalue weighted by atomic mass is 79.9. The summed E-state index contributed by atoms with van der Waals surface area (Å²) in [7, 11) is 0. The van der Waals surface area contributed by atoms with Crippen LogP contribution in [0.2, 0.25) is 0 Å². The largest absolute Gasteiger partial charge is 0.380 e. The molecule has 0 radical (unpaired) electrons. The molecule has 0 aliphatic carbocycles. The van der Waals surface area contributed by atoms with E-state index in [1.165, 1.54) is 17.2 Å². The number of anilines is 1. The second kappa shape index (κ2) is 5.74. The molecule has 1 nitrogen and oxygen atoms in total. The molecular weight excluding hydrogens is 305 g/mol. The Morgan fingerprint density at radius 2 is 1.79 bits per heavy atom. The van der Waals surface area contributed by atoms with Gasteiger partial charge < -0.3 is 5.32 Å². The second-order valence-electron chi connectivity index (χ2n) is 4.88. The summed E-state index contributed by atoms with van der Waals surface area (Å²) < 4.78 is 14.3. The molecule has 2 rings (SSSR count). The first-order valence-electron chi connectivity index (χ1n) is 6.23. The number of benzene rings is 2. The van der Waals surface area contributed by atoms with Crippen molar-refractivity contribution in [3.63, 3.8) is 0 Å². The molecule has 0 saturated carbocycles. The SMILES string of the molecule is Cc1cc(C)c(NCc2ccc(F)c(C)c2)c(Br)c1. The Bertz CT molecular complexity index is 585. The van der Waals surface area contributed by atoms with E-state index in [1.54, 1.807) is 6.92 Å². The van der Waals surface area contributed by atoms with E-state index >= 15 is 0 Å². The van der Waals surface area contributed by atoms with Crippen molar-refractivity contribution in [2.24, 2.45) is 0 Å². The van der Waals surface area contributed by atoms with Gasteiger partial charge in [-0.15, -0.1) is 0 Å². The minimum Gasteiger partial charge on any atom is -0.380 e. The maximum Gasteiger partial charge on any atom is 0.126 e. The highest BCUT2D eigenvalue weighted by molar-refractivity contribution is 9.10. The highest BCUT2D eigenvalue weighted by Gasteiger charge is 2.05. The Morgan fingerprint density at radius 3 is 2.42 bits per heavy atom. The molecule has 0 heterocycles. The van der Waals surface area contributed by atoms with Crippen LogP contribution in [0.4, 0.5) is 10.1 Å². The van der Waals surface area contributed by atoms with Gasteiger partial charge in [0, 0.05) is 11.0 Å². The molecule has 0 bridgehead atoms. The van der Waals surface area contributed by atoms with E-state index in [-0.39, 0.29) is 5.82 Å². The van der Waals surface area contributed by atoms with E-state index in [9.17, 15) is 4.39 Å². The second-order valence-corrected chi connectivity index (χ2v) is 5.73. The summed E-state index contributed by atoms with van der Waals surface area (Å²) in [4.78, 5) is 0. The van der Waals surface area contributed by atoms with Gasteiger partial charge in [0.1, 0.15) is 5.82 Å². The van der Waals surface area contributed by atoms with Crippen LogP contribution in [-0.4, -0.2) is 0 Å². The lowest BCUT2D eigenvalue weighted by atomic mass is 10.1. The predicted molar refractivity (Wildman–Crippen MR) is 82.1 cm³/mol. The lowest BCUT2D eigenvalue weighted by molar-refractivity contribution is 0.617. The van der Waals surface area contributed by atoms with Crippen LogP contribution in [0.1, 0.15) is 22.3 Å². The third-order valence-electron chi connectivity index (χ3n) is 3.12. The first-order valence-corrected chi connectivity index (χ1v) is 7.02. The smallest absolute Gasteiger partial charge is 0.126 e. The van der Waals surface area contributed by atoms with E-state index < -0.39 is 0 Å². The van der Waals surface area contributed by atoms with Crippen LogP contribution in [-0.2, 0) is 6.54 Å². The third-order valence-corrected chi connectivity index (χ3v) is 3.75. The number of hydrogen-bond acceptors (Lipinski definition) is 1. The van der Waals surface area contributed by atoms with Gasteiger partial charge in [-0.25, -0.2) is 4.39 Å². The van der Waals surface area contributed by atoms with Gasteiger partial charge in [-0.2, -0.15) is 0 Å². The van der Waals surface area contributed by atoms with Gasteiger partial charge in [0.15, 0.2) is 0 Å². The van der Waals surface area contributed by atoms with Gasteiger partial charge in [-0.3, -0.25) is 0 Å². The Labute approximate surface area is 122 Å². The molecule has 0 aliphatic heterocycles. The van der Waals surface area contributed by atoms with Gasteiger partial charge in [-0.05, 0) is 71.1 Å². The molecule has 0 spiro atoms. The topological polar surface area (TPSA) is 12.0 Å². The molecule has 0 aliphatic rings. The standard InChI is InChI=1S/C16H17BrFN/c1-10-6-12(3)16(14(17)7-10)19-9-13-4-5-15(18)11(2)8-13/h4-8,19H,9H2,1-3H3. The molecule has 19 heavy (non-hydrogen) atoms. The molecule has 0 unspecified atom stereocenters. The van der Waals surface area contributed by atoms with Crippen LogP contribution in [0.5, 0.6) is 0 Å². The average molecular weight is 322 g/mol. The molecule has 1 N–H and O–H groups in total. The maximum absolute atomic E-state index is 13.2. The molecule has 0 aromatic heterocycles. The van der Waals surface area contributed by atoms with Crippen molar-refractivity contribution in [1.29, 1.82) is 0 Å². The quantitative estimate of drug-likeness (QED) is 0.826. The number of hydrogen-bond donors (Lipinski definition) is 1. The van der Waals surface area contributed by atoms with E-state index in [0.717, 1.165) is 15.7 Å². The highest BCUT2D eigenvalue weighted by Crippen LogP contribution is 2.28. The van der Waals surface area contributed by atoms with E-state index in [4.69, 9.17) is 0 Å². The molecule has 2 aromatic carbocycles. The minimum atomic E-state index is -0.156. The van der Waals surface area contributed by atoms with Crippen LogP contribution in [0.3, 0.4) is 0 Å². The fraction of sp³-hybridized carbons (Fsp3) is 0.250. The summed E-state index contributed by atoms with van der Waals surface area (Å²) in [5.74, 6) is -0.156. The van der Waals surface area contributed by atoms with Crippen LogP contribution in [0, 0.1) is 26.6 Å². The molecule has 0 atom stereocenters. The van der Waals surface area contributed by atoms with Crippen LogP contribution < -0.4 is 5.32 Å². The summed E-state index contributed by atoms with van der Waals surface area (Å²) >= 11 is 3.58. The first kappa shape index (κ1) is 14.1. The number of aryl methyl sites for hydroxylation is 3. The average Bonchev–Trinajstić information content (AvgIpc) is 2.32. The lowest BCUT2D eigenvalue weighted by Gasteiger charge is -2.13. The Hall–Kier alpha value is -1.35. The zero-order valence-corrected chi connectivity index (χ0v) is 12.9. The summed E-state index contributed by atoms with van der Waals surface area (Å²) in [6.45, 7) is 6.62. The fourth-order valence-electron chi connectivity index (χ4n) is 2.15. The minimum absolute atomic E-state index is 0.156. The lowest BCUT2D eigenvalue weighted by Crippen LogP contribution is -2.03. The van der Waals surface area contributed by atoms with Gasteiger partial charge >= 0.3 is 0 Å². The van der Waals surface area contributed by atoms with Crippen LogP contribution in [0.25, 0.3) is 0 Å². The summed E-state index contributed by atoms with van der Waals surface area (Å²) in [6, 6.07) is 9.43. The molecule has 3 heteroatoms. The summed E-state index contributed by atoms with van der Waals surface area (Å²) in [5.41, 5.74) is 5.27. The summed E-state index contributed by atoms with van der Waals surface area (Å²) in [6.07, 6.45) is 0.